The summed E-state index contributed by atoms with van der Waals surface area (Å²) in [7, 11) is 0. The molecule has 0 aliphatic heterocycles. The first-order chi connectivity index (χ1) is 16.6. The second-order valence-electron chi connectivity index (χ2n) is 12.2. The highest BCUT2D eigenvalue weighted by Gasteiger charge is 2.65. The van der Waals surface area contributed by atoms with Crippen LogP contribution in [0.4, 0.5) is 0 Å². The zero-order valence-electron chi connectivity index (χ0n) is 23.2. The molecule has 0 radical (unpaired) electrons. The Morgan fingerprint density at radius 2 is 1.56 bits per heavy atom. The van der Waals surface area contributed by atoms with E-state index in [0.29, 0.717) is 17.9 Å². The fourth-order valence-electron chi connectivity index (χ4n) is 7.80. The van der Waals surface area contributed by atoms with Gasteiger partial charge in [-0.3, -0.25) is 19.2 Å². The molecule has 0 saturated heterocycles. The molecule has 0 heterocycles. The molecule has 0 aromatic rings. The maximum Gasteiger partial charge on any atom is 0.302 e. The van der Waals surface area contributed by atoms with Crippen molar-refractivity contribution in [2.45, 2.75) is 93.6 Å². The van der Waals surface area contributed by atoms with E-state index in [4.69, 9.17) is 4.74 Å². The van der Waals surface area contributed by atoms with E-state index in [1.54, 1.807) is 13.0 Å². The quantitative estimate of drug-likeness (QED) is 0.247. The van der Waals surface area contributed by atoms with Gasteiger partial charge in [0.05, 0.1) is 0 Å². The maximum absolute atomic E-state index is 13.5. The minimum atomic E-state index is -0.220. The van der Waals surface area contributed by atoms with E-state index in [9.17, 15) is 19.2 Å². The Morgan fingerprint density at radius 1 is 0.889 bits per heavy atom. The van der Waals surface area contributed by atoms with Crippen LogP contribution in [0.15, 0.2) is 47.1 Å². The lowest BCUT2D eigenvalue weighted by atomic mass is 9.43. The molecular formula is C31H42O5. The third-order valence-corrected chi connectivity index (χ3v) is 9.48. The summed E-state index contributed by atoms with van der Waals surface area (Å²) < 4.78 is 5.75. The predicted octanol–water partition coefficient (Wildman–Crippen LogP) is 6.28. The Bertz CT molecular complexity index is 1080. The summed E-state index contributed by atoms with van der Waals surface area (Å²) in [4.78, 5) is 48.4. The molecule has 3 fully saturated rings. The van der Waals surface area contributed by atoms with Crippen molar-refractivity contribution in [1.82, 2.24) is 0 Å². The molecule has 5 nitrogen and oxygen atoms in total. The molecule has 3 aliphatic rings. The van der Waals surface area contributed by atoms with Gasteiger partial charge in [0, 0.05) is 29.7 Å². The van der Waals surface area contributed by atoms with Crippen LogP contribution in [0.2, 0.25) is 0 Å². The van der Waals surface area contributed by atoms with Crippen LogP contribution in [-0.2, 0) is 23.9 Å². The van der Waals surface area contributed by atoms with Crippen LogP contribution >= 0.6 is 0 Å². The Morgan fingerprint density at radius 3 is 2.17 bits per heavy atom. The lowest BCUT2D eigenvalue weighted by molar-refractivity contribution is -0.185. The van der Waals surface area contributed by atoms with Gasteiger partial charge in [0.1, 0.15) is 6.10 Å². The van der Waals surface area contributed by atoms with Crippen LogP contribution in [0.25, 0.3) is 0 Å². The smallest absolute Gasteiger partial charge is 0.302 e. The van der Waals surface area contributed by atoms with Gasteiger partial charge in [0.2, 0.25) is 0 Å². The first kappa shape index (κ1) is 28.0. The number of ketones is 3. The number of hydrogen-bond donors (Lipinski definition) is 0. The lowest BCUT2D eigenvalue weighted by Gasteiger charge is -2.62. The minimum absolute atomic E-state index is 0.000506. The van der Waals surface area contributed by atoms with Gasteiger partial charge in [0.25, 0.3) is 0 Å². The molecule has 0 aromatic carbocycles. The van der Waals surface area contributed by atoms with Gasteiger partial charge in [-0.1, -0.05) is 45.9 Å². The fraction of sp³-hybridized carbons (Fsp3) is 0.613. The molecule has 3 saturated carbocycles. The second kappa shape index (κ2) is 10.1. The van der Waals surface area contributed by atoms with Gasteiger partial charge < -0.3 is 4.74 Å². The summed E-state index contributed by atoms with van der Waals surface area (Å²) in [5.74, 6) is 0.268. The normalized spacial score (nSPS) is 35.5. The molecule has 5 heteroatoms. The van der Waals surface area contributed by atoms with Crippen LogP contribution in [0.5, 0.6) is 0 Å². The topological polar surface area (TPSA) is 77.5 Å². The summed E-state index contributed by atoms with van der Waals surface area (Å²) in [5.41, 5.74) is 2.08. The molecular weight excluding hydrogens is 452 g/mol. The van der Waals surface area contributed by atoms with Crippen molar-refractivity contribution >= 4 is 23.3 Å². The highest BCUT2D eigenvalue weighted by atomic mass is 16.5. The largest absolute Gasteiger partial charge is 0.462 e. The van der Waals surface area contributed by atoms with Crippen LogP contribution < -0.4 is 0 Å². The SMILES string of the molecule is CC(=O)/C=C/C(=O)/C(C)=C/C=C/C(C)=C1\C(=O)C[C@H]2[C@@]3(C)CC[C@H](OC(C)=O)C(C)(C)[C@H]3CC[C@]12C. The number of carbonyl (C=O) groups excluding carboxylic acids is 4. The molecule has 36 heavy (non-hydrogen) atoms. The van der Waals surface area contributed by atoms with Crippen LogP contribution in [0.1, 0.15) is 87.5 Å². The molecule has 3 rings (SSSR count). The molecule has 0 unspecified atom stereocenters. The number of hydrogen-bond acceptors (Lipinski definition) is 5. The summed E-state index contributed by atoms with van der Waals surface area (Å²) >= 11 is 0. The van der Waals surface area contributed by atoms with Crippen LogP contribution in [-0.4, -0.2) is 29.4 Å². The monoisotopic (exact) mass is 494 g/mol. The first-order valence-corrected chi connectivity index (χ1v) is 13.1. The van der Waals surface area contributed by atoms with Crippen molar-refractivity contribution in [3.63, 3.8) is 0 Å². The zero-order valence-corrected chi connectivity index (χ0v) is 23.2. The van der Waals surface area contributed by atoms with Gasteiger partial charge in [-0.05, 0) is 87.0 Å². The van der Waals surface area contributed by atoms with Crippen molar-refractivity contribution in [1.29, 1.82) is 0 Å². The molecule has 3 aliphatic carbocycles. The molecule has 5 atom stereocenters. The van der Waals surface area contributed by atoms with Crippen molar-refractivity contribution in [3.8, 4) is 0 Å². The van der Waals surface area contributed by atoms with E-state index in [-0.39, 0.29) is 51.6 Å². The van der Waals surface area contributed by atoms with E-state index in [1.165, 1.54) is 26.0 Å². The summed E-state index contributed by atoms with van der Waals surface area (Å²) in [6, 6.07) is 0. The van der Waals surface area contributed by atoms with Crippen LogP contribution in [0, 0.1) is 28.1 Å². The molecule has 0 N–H and O–H groups in total. The Labute approximate surface area is 216 Å². The van der Waals surface area contributed by atoms with Gasteiger partial charge in [-0.15, -0.1) is 0 Å². The average molecular weight is 495 g/mol. The highest BCUT2D eigenvalue weighted by Crippen LogP contribution is 2.69. The zero-order chi connectivity index (χ0) is 27.1. The highest BCUT2D eigenvalue weighted by molar-refractivity contribution is 6.07. The number of allylic oxidation sites excluding steroid dienone is 8. The number of ether oxygens (including phenoxy) is 1. The third kappa shape index (κ3) is 4.99. The van der Waals surface area contributed by atoms with Crippen molar-refractivity contribution in [2.24, 2.45) is 28.1 Å². The number of carbonyl (C=O) groups is 4. The minimum Gasteiger partial charge on any atom is -0.462 e. The number of Topliss-reactive ketones (excluding diaryl/α,β-unsaturated/α-hetero) is 1. The van der Waals surface area contributed by atoms with Gasteiger partial charge in [-0.2, -0.15) is 0 Å². The van der Waals surface area contributed by atoms with E-state index in [1.807, 2.05) is 19.1 Å². The Kier molecular flexibility index (Phi) is 7.83. The summed E-state index contributed by atoms with van der Waals surface area (Å²) in [6.07, 6.45) is 12.2. The number of rotatable bonds is 6. The Balaban J connectivity index is 1.89. The standard InChI is InChI=1S/C31H42O5/c1-19(23(34)13-12-21(3)32)10-9-11-20(2)28-24(35)18-26-30(7)17-15-27(36-22(4)33)29(5,6)25(30)14-16-31(26,28)8/h9-13,25-27H,14-18H2,1-8H3/b11-9+,13-12+,19-10+,28-20+/t25-,26+,27+,30+,31+/m1/s1. The van der Waals surface area contributed by atoms with Gasteiger partial charge in [-0.25, -0.2) is 0 Å². The van der Waals surface area contributed by atoms with Crippen LogP contribution in [0.3, 0.4) is 0 Å². The van der Waals surface area contributed by atoms with Crippen molar-refractivity contribution < 1.29 is 23.9 Å². The maximum atomic E-state index is 13.5. The third-order valence-electron chi connectivity index (χ3n) is 9.48. The Hall–Kier alpha value is -2.56. The van der Waals surface area contributed by atoms with E-state index in [0.717, 1.165) is 36.8 Å². The molecule has 0 spiro atoms. The fourth-order valence-corrected chi connectivity index (χ4v) is 7.80. The predicted molar refractivity (Wildman–Crippen MR) is 141 cm³/mol. The number of esters is 1. The summed E-state index contributed by atoms with van der Waals surface area (Å²) in [6.45, 7) is 15.7. The van der Waals surface area contributed by atoms with Gasteiger partial charge in [0.15, 0.2) is 17.3 Å². The number of fused-ring (bicyclic) bond motifs is 3. The lowest BCUT2D eigenvalue weighted by Crippen LogP contribution is -2.58. The van der Waals surface area contributed by atoms with Crippen molar-refractivity contribution in [3.05, 3.63) is 47.1 Å². The average Bonchev–Trinajstić information content (AvgIpc) is 3.05. The second-order valence-corrected chi connectivity index (χ2v) is 12.2. The van der Waals surface area contributed by atoms with E-state index >= 15 is 0 Å². The molecule has 0 amide bonds. The molecule has 0 aromatic heterocycles. The summed E-state index contributed by atoms with van der Waals surface area (Å²) in [5, 5.41) is 0. The van der Waals surface area contributed by atoms with E-state index < -0.39 is 0 Å². The van der Waals surface area contributed by atoms with Crippen molar-refractivity contribution in [2.75, 3.05) is 0 Å². The van der Waals surface area contributed by atoms with E-state index in [2.05, 4.69) is 27.7 Å². The first-order valence-electron chi connectivity index (χ1n) is 13.1. The molecule has 0 bridgehead atoms. The molecule has 196 valence electrons. The van der Waals surface area contributed by atoms with Gasteiger partial charge >= 0.3 is 5.97 Å².